The molecule has 2 rings (SSSR count). The molecule has 0 spiro atoms. The molecule has 1 aliphatic heterocycles. The van der Waals surface area contributed by atoms with Crippen molar-refractivity contribution in [3.63, 3.8) is 0 Å². The Hall–Kier alpha value is -1.07. The molecule has 4 nitrogen and oxygen atoms in total. The van der Waals surface area contributed by atoms with Crippen LogP contribution in [0.25, 0.3) is 0 Å². The van der Waals surface area contributed by atoms with Gasteiger partial charge in [0.25, 0.3) is 0 Å². The minimum Gasteiger partial charge on any atom is -0.494 e. The topological polar surface area (TPSA) is 55.4 Å². The third-order valence-corrected chi connectivity index (χ3v) is 4.95. The van der Waals surface area contributed by atoms with Crippen molar-refractivity contribution in [2.75, 3.05) is 24.7 Å². The van der Waals surface area contributed by atoms with Crippen molar-refractivity contribution in [2.24, 2.45) is 0 Å². The van der Waals surface area contributed by atoms with Crippen LogP contribution in [0.2, 0.25) is 0 Å². The fourth-order valence-electron chi connectivity index (χ4n) is 2.19. The maximum Gasteiger partial charge on any atom is 0.152 e. The van der Waals surface area contributed by atoms with E-state index in [1.165, 1.54) is 0 Å². The van der Waals surface area contributed by atoms with Crippen LogP contribution in [-0.2, 0) is 9.84 Å². The lowest BCUT2D eigenvalue weighted by Gasteiger charge is -2.16. The number of benzene rings is 1. The van der Waals surface area contributed by atoms with E-state index in [0.717, 1.165) is 24.3 Å². The molecule has 0 aromatic heterocycles. The molecule has 0 bridgehead atoms. The molecule has 1 atom stereocenters. The zero-order valence-corrected chi connectivity index (χ0v) is 12.1. The first kappa shape index (κ1) is 14.3. The van der Waals surface area contributed by atoms with Crippen LogP contribution < -0.4 is 10.1 Å². The Morgan fingerprint density at radius 1 is 1.32 bits per heavy atom. The van der Waals surface area contributed by atoms with Gasteiger partial charge in [-0.05, 0) is 37.1 Å². The van der Waals surface area contributed by atoms with Gasteiger partial charge in [-0.1, -0.05) is 19.1 Å². The summed E-state index contributed by atoms with van der Waals surface area (Å²) >= 11 is 0. The van der Waals surface area contributed by atoms with Crippen molar-refractivity contribution >= 4 is 9.84 Å². The van der Waals surface area contributed by atoms with E-state index in [0.29, 0.717) is 13.0 Å². The first-order valence-corrected chi connectivity index (χ1v) is 8.59. The maximum absolute atomic E-state index is 11.8. The van der Waals surface area contributed by atoms with Crippen LogP contribution in [0.5, 0.6) is 5.75 Å². The average molecular weight is 283 g/mol. The van der Waals surface area contributed by atoms with E-state index in [1.807, 2.05) is 24.3 Å². The molecule has 1 heterocycles. The number of hydrogen-bond acceptors (Lipinski definition) is 4. The third-order valence-electron chi connectivity index (χ3n) is 3.20. The largest absolute Gasteiger partial charge is 0.494 e. The van der Waals surface area contributed by atoms with E-state index in [-0.39, 0.29) is 17.5 Å². The zero-order valence-electron chi connectivity index (χ0n) is 11.3. The van der Waals surface area contributed by atoms with Crippen LogP contribution in [0, 0.1) is 0 Å². The Balaban J connectivity index is 2.08. The van der Waals surface area contributed by atoms with Crippen LogP contribution >= 0.6 is 0 Å². The normalized spacial score (nSPS) is 22.7. The second-order valence-electron chi connectivity index (χ2n) is 4.89. The molecule has 1 saturated heterocycles. The lowest BCUT2D eigenvalue weighted by molar-refractivity contribution is 0.317. The standard InChI is InChI=1S/C14H21NO3S/c1-2-9-18-13-6-4-12(5-7-13)14-11-19(16,17)10-3-8-15-14/h4-7,14-15H,2-3,8-11H2,1H3. The van der Waals surface area contributed by atoms with Crippen LogP contribution in [0.1, 0.15) is 31.4 Å². The van der Waals surface area contributed by atoms with Crippen molar-refractivity contribution in [3.8, 4) is 5.75 Å². The predicted molar refractivity (Wildman–Crippen MR) is 76.2 cm³/mol. The van der Waals surface area contributed by atoms with Crippen LogP contribution in [0.3, 0.4) is 0 Å². The number of ether oxygens (including phenoxy) is 1. The second kappa shape index (κ2) is 6.39. The summed E-state index contributed by atoms with van der Waals surface area (Å²) in [5.41, 5.74) is 1.01. The molecule has 19 heavy (non-hydrogen) atoms. The van der Waals surface area contributed by atoms with Crippen molar-refractivity contribution in [1.29, 1.82) is 0 Å². The molecule has 1 aliphatic rings. The van der Waals surface area contributed by atoms with Gasteiger partial charge in [-0.2, -0.15) is 0 Å². The van der Waals surface area contributed by atoms with Gasteiger partial charge in [0, 0.05) is 6.04 Å². The van der Waals surface area contributed by atoms with Crippen molar-refractivity contribution in [1.82, 2.24) is 5.32 Å². The summed E-state index contributed by atoms with van der Waals surface area (Å²) in [6, 6.07) is 7.61. The smallest absolute Gasteiger partial charge is 0.152 e. The average Bonchev–Trinajstić information content (AvgIpc) is 2.58. The number of rotatable bonds is 4. The second-order valence-corrected chi connectivity index (χ2v) is 7.12. The molecule has 0 radical (unpaired) electrons. The summed E-state index contributed by atoms with van der Waals surface area (Å²) in [6.07, 6.45) is 1.67. The summed E-state index contributed by atoms with van der Waals surface area (Å²) in [5.74, 6) is 1.30. The van der Waals surface area contributed by atoms with Crippen molar-refractivity contribution in [2.45, 2.75) is 25.8 Å². The molecule has 1 aromatic rings. The number of nitrogens with one attached hydrogen (secondary N) is 1. The summed E-state index contributed by atoms with van der Waals surface area (Å²) in [4.78, 5) is 0. The third kappa shape index (κ3) is 4.21. The molecule has 1 aromatic carbocycles. The Kier molecular flexibility index (Phi) is 4.82. The SMILES string of the molecule is CCCOc1ccc(C2CS(=O)(=O)CCCN2)cc1. The van der Waals surface area contributed by atoms with Gasteiger partial charge >= 0.3 is 0 Å². The summed E-state index contributed by atoms with van der Waals surface area (Å²) < 4.78 is 29.1. The Labute approximate surface area is 115 Å². The first-order valence-electron chi connectivity index (χ1n) is 6.77. The molecule has 1 N–H and O–H groups in total. The minimum absolute atomic E-state index is 0.104. The van der Waals surface area contributed by atoms with E-state index >= 15 is 0 Å². The minimum atomic E-state index is -2.93. The summed E-state index contributed by atoms with van der Waals surface area (Å²) in [7, 11) is -2.93. The van der Waals surface area contributed by atoms with Gasteiger partial charge in [0.15, 0.2) is 9.84 Å². The lowest BCUT2D eigenvalue weighted by atomic mass is 10.1. The highest BCUT2D eigenvalue weighted by Gasteiger charge is 2.23. The maximum atomic E-state index is 11.8. The Bertz CT molecular complexity index is 496. The monoisotopic (exact) mass is 283 g/mol. The highest BCUT2D eigenvalue weighted by molar-refractivity contribution is 7.91. The van der Waals surface area contributed by atoms with Gasteiger partial charge in [0.1, 0.15) is 5.75 Å². The van der Waals surface area contributed by atoms with Gasteiger partial charge in [-0.15, -0.1) is 0 Å². The molecule has 0 amide bonds. The van der Waals surface area contributed by atoms with Crippen molar-refractivity contribution in [3.05, 3.63) is 29.8 Å². The summed E-state index contributed by atoms with van der Waals surface area (Å²) in [6.45, 7) is 3.52. The van der Waals surface area contributed by atoms with Gasteiger partial charge in [-0.3, -0.25) is 0 Å². The molecule has 1 fully saturated rings. The molecule has 5 heteroatoms. The molecule has 0 aliphatic carbocycles. The zero-order chi connectivity index (χ0) is 13.7. The van der Waals surface area contributed by atoms with E-state index in [9.17, 15) is 8.42 Å². The Morgan fingerprint density at radius 3 is 2.74 bits per heavy atom. The molecular formula is C14H21NO3S. The molecule has 0 saturated carbocycles. The number of hydrogen-bond donors (Lipinski definition) is 1. The molecule has 1 unspecified atom stereocenters. The Morgan fingerprint density at radius 2 is 2.05 bits per heavy atom. The predicted octanol–water partition coefficient (Wildman–Crippen LogP) is 1.92. The van der Waals surface area contributed by atoms with Crippen LogP contribution in [0.15, 0.2) is 24.3 Å². The fraction of sp³-hybridized carbons (Fsp3) is 0.571. The van der Waals surface area contributed by atoms with E-state index in [4.69, 9.17) is 4.74 Å². The highest BCUT2D eigenvalue weighted by atomic mass is 32.2. The van der Waals surface area contributed by atoms with Gasteiger partial charge in [-0.25, -0.2) is 8.42 Å². The fourth-order valence-corrected chi connectivity index (χ4v) is 3.76. The summed E-state index contributed by atoms with van der Waals surface area (Å²) in [5, 5.41) is 3.30. The van der Waals surface area contributed by atoms with Gasteiger partial charge < -0.3 is 10.1 Å². The first-order chi connectivity index (χ1) is 9.11. The lowest BCUT2D eigenvalue weighted by Crippen LogP contribution is -2.25. The van der Waals surface area contributed by atoms with E-state index in [1.54, 1.807) is 0 Å². The van der Waals surface area contributed by atoms with E-state index < -0.39 is 9.84 Å². The van der Waals surface area contributed by atoms with Gasteiger partial charge in [0.05, 0.1) is 18.1 Å². The molecular weight excluding hydrogens is 262 g/mol. The van der Waals surface area contributed by atoms with Crippen LogP contribution in [0.4, 0.5) is 0 Å². The quantitative estimate of drug-likeness (QED) is 0.917. The van der Waals surface area contributed by atoms with Crippen molar-refractivity contribution < 1.29 is 13.2 Å². The highest BCUT2D eigenvalue weighted by Crippen LogP contribution is 2.21. The molecule has 106 valence electrons. The van der Waals surface area contributed by atoms with E-state index in [2.05, 4.69) is 12.2 Å². The number of sulfone groups is 1. The van der Waals surface area contributed by atoms with Crippen LogP contribution in [-0.4, -0.2) is 33.1 Å². The van der Waals surface area contributed by atoms with Gasteiger partial charge in [0.2, 0.25) is 0 Å².